The Balaban J connectivity index is 1.04. The van der Waals surface area contributed by atoms with Gasteiger partial charge in [-0.05, 0) is 4.31 Å². The Morgan fingerprint density at radius 1 is 1.06 bits per heavy atom. The van der Waals surface area contributed by atoms with E-state index in [9.17, 15) is 59.4 Å². The molecule has 2 aliphatic rings. The van der Waals surface area contributed by atoms with Crippen molar-refractivity contribution in [2.24, 2.45) is 7.05 Å². The number of fused-ring (bicyclic) bond motifs is 2. The number of ether oxygens (including phenoxy) is 2. The Labute approximate surface area is 288 Å². The van der Waals surface area contributed by atoms with Crippen molar-refractivity contribution in [3.63, 3.8) is 0 Å². The fraction of sp³-hybridized carbons (Fsp3) is 0.524. The summed E-state index contributed by atoms with van der Waals surface area (Å²) in [7, 11) is -16.3. The molecule has 4 aromatic rings. The first-order valence-corrected chi connectivity index (χ1v) is 18.8. The van der Waals surface area contributed by atoms with Crippen LogP contribution < -0.4 is 41.4 Å². The Kier molecular flexibility index (Phi) is 10.3. The third kappa shape index (κ3) is 7.58. The average molecular weight is 801 g/mol. The van der Waals surface area contributed by atoms with Crippen molar-refractivity contribution < 1.29 is 86.3 Å². The van der Waals surface area contributed by atoms with Crippen LogP contribution in [0.2, 0.25) is 0 Å². The van der Waals surface area contributed by atoms with Gasteiger partial charge in [-0.25, -0.2) is 19.1 Å². The van der Waals surface area contributed by atoms with Gasteiger partial charge in [0.1, 0.15) is 48.7 Å². The summed E-state index contributed by atoms with van der Waals surface area (Å²) in [5.74, 6) is -1.58. The lowest BCUT2D eigenvalue weighted by Gasteiger charge is -2.32. The van der Waals surface area contributed by atoms with Gasteiger partial charge in [0.15, 0.2) is 18.2 Å². The van der Waals surface area contributed by atoms with E-state index in [2.05, 4.69) is 42.6 Å². The van der Waals surface area contributed by atoms with Crippen LogP contribution in [0.25, 0.3) is 22.3 Å². The van der Waals surface area contributed by atoms with Crippen LogP contribution in [0.5, 0.6) is 5.88 Å². The number of anilines is 2. The van der Waals surface area contributed by atoms with Crippen LogP contribution in [0.3, 0.4) is 0 Å². The van der Waals surface area contributed by atoms with Crippen molar-refractivity contribution in [3.05, 3.63) is 23.0 Å². The lowest BCUT2D eigenvalue weighted by atomic mass is 10.1. The summed E-state index contributed by atoms with van der Waals surface area (Å²) in [5, 5.41) is 54.0. The molecular formula is C21H28N10O18P3-. The molecule has 0 aliphatic carbocycles. The van der Waals surface area contributed by atoms with E-state index in [4.69, 9.17) is 20.9 Å². The van der Waals surface area contributed by atoms with E-state index in [1.165, 1.54) is 17.9 Å². The second-order valence-electron chi connectivity index (χ2n) is 11.2. The van der Waals surface area contributed by atoms with E-state index in [0.717, 1.165) is 15.5 Å². The molecule has 0 radical (unpaired) electrons. The minimum Gasteiger partial charge on any atom is -0.857 e. The molecule has 28 nitrogen and oxygen atoms in total. The normalized spacial score (nSPS) is 29.2. The summed E-state index contributed by atoms with van der Waals surface area (Å²) in [4.78, 5) is 86.6. The Bertz CT molecular complexity index is 2080. The van der Waals surface area contributed by atoms with Crippen molar-refractivity contribution in [1.82, 2.24) is 34.1 Å². The number of aliphatic hydroxyl groups excluding tert-OH is 4. The van der Waals surface area contributed by atoms with Crippen molar-refractivity contribution in [1.29, 1.82) is 0 Å². The van der Waals surface area contributed by atoms with Crippen LogP contribution in [-0.2, 0) is 38.8 Å². The van der Waals surface area contributed by atoms with Gasteiger partial charge in [0.2, 0.25) is 17.7 Å². The number of nitrogens with two attached hydrogens (primary N) is 2. The van der Waals surface area contributed by atoms with Crippen LogP contribution in [-0.4, -0.2) is 114 Å². The number of hydrogen-bond donors (Lipinski definition) is 9. The van der Waals surface area contributed by atoms with E-state index < -0.39 is 104 Å². The number of rotatable bonds is 12. The van der Waals surface area contributed by atoms with Gasteiger partial charge in [0.25, 0.3) is 19.7 Å². The topological polar surface area (TPSA) is 436 Å². The average Bonchev–Trinajstić information content (AvgIpc) is 3.74. The molecule has 0 spiro atoms. The smallest absolute Gasteiger partial charge is 0.508 e. The number of phosphoric ester groups is 2. The largest absolute Gasteiger partial charge is 0.857 e. The number of nitrogen functional groups attached to an aromatic ring is 2. The lowest BCUT2D eigenvalue weighted by molar-refractivity contribution is -0.745. The molecule has 286 valence electrons. The number of phosphoric acid groups is 3. The van der Waals surface area contributed by atoms with Gasteiger partial charge in [0.05, 0.1) is 20.0 Å². The van der Waals surface area contributed by atoms with Gasteiger partial charge < -0.3 is 66.0 Å². The predicted molar refractivity (Wildman–Crippen MR) is 157 cm³/mol. The molecule has 0 amide bonds. The Hall–Kier alpha value is -3.21. The number of hydrogen-bond acceptors (Lipinski definition) is 23. The maximum Gasteiger partial charge on any atom is 0.508 e. The molecule has 0 saturated carbocycles. The van der Waals surface area contributed by atoms with E-state index in [-0.39, 0.29) is 28.3 Å². The van der Waals surface area contributed by atoms with E-state index in [1.807, 2.05) is 0 Å². The van der Waals surface area contributed by atoms with Crippen molar-refractivity contribution in [2.75, 3.05) is 24.7 Å². The highest BCUT2D eigenvalue weighted by Gasteiger charge is 2.51. The molecule has 10 atom stereocenters. The molecule has 2 fully saturated rings. The fourth-order valence-corrected chi connectivity index (χ4v) is 8.85. The molecule has 2 saturated heterocycles. The summed E-state index contributed by atoms with van der Waals surface area (Å²) in [6.07, 6.45) is -11.2. The number of nitrogens with one attached hydrogen (secondary N) is 1. The highest BCUT2D eigenvalue weighted by atomic mass is 31.3. The third-order valence-electron chi connectivity index (χ3n) is 7.63. The molecule has 52 heavy (non-hydrogen) atoms. The number of aromatic amines is 1. The molecule has 6 heterocycles. The second-order valence-corrected chi connectivity index (χ2v) is 15.8. The van der Waals surface area contributed by atoms with E-state index in [1.54, 1.807) is 0 Å². The summed E-state index contributed by atoms with van der Waals surface area (Å²) >= 11 is 0. The number of aliphatic hydroxyl groups is 4. The minimum atomic E-state index is -6.25. The zero-order valence-electron chi connectivity index (χ0n) is 25.9. The van der Waals surface area contributed by atoms with Crippen molar-refractivity contribution in [3.8, 4) is 5.88 Å². The standard InChI is InChI=1S/C21H29N10O18P3/c1-29-5-31(15-9(29)17(37)28-21(23)26-15)19-13(35)11(33)7(47-19)3-45-51(40,41)49-52(42,43)48-50(38,39)44-2-6-10(32)12(34)18(46-6)30-4-24-8-14(30)25-20(22)27-16(8)36/h4-7,10-13,18-19,32-35H,2-3H2,1H3,(H8-,22,23,25,26,27,28,36,37,38,39,40,41,42,43)/p-1/t6-,7-,10-,11-,12-,13-,18-,19-/m1/s1. The molecule has 6 rings (SSSR count). The number of aryl methyl sites for hydroxylation is 1. The summed E-state index contributed by atoms with van der Waals surface area (Å²) in [6.45, 7) is -2.24. The Morgan fingerprint density at radius 3 is 2.44 bits per heavy atom. The van der Waals surface area contributed by atoms with Crippen molar-refractivity contribution >= 4 is 58.4 Å². The molecule has 31 heteroatoms. The zero-order valence-corrected chi connectivity index (χ0v) is 28.6. The zero-order chi connectivity index (χ0) is 38.1. The summed E-state index contributed by atoms with van der Waals surface area (Å²) in [5.41, 5.74) is 9.91. The number of H-pyrrole nitrogens is 1. The summed E-state index contributed by atoms with van der Waals surface area (Å²) < 4.78 is 43.8. The van der Waals surface area contributed by atoms with Gasteiger partial charge in [-0.1, -0.05) is 4.98 Å². The second kappa shape index (κ2) is 13.9. The molecule has 0 aromatic carbocycles. The first-order valence-electron chi connectivity index (χ1n) is 14.3. The van der Waals surface area contributed by atoms with E-state index in [0.29, 0.717) is 0 Å². The molecular weight excluding hydrogens is 773 g/mol. The monoisotopic (exact) mass is 801 g/mol. The van der Waals surface area contributed by atoms with Gasteiger partial charge in [-0.2, -0.15) is 14.4 Å². The SMILES string of the molecule is Cn1c[n+]([C@@H]2O[C@H](COP(=O)(O)O[P+]([O-])([O-])O[P+]([O-])(O)OC[C@H]3O[C@@H](n4cnc5c([O-])nc(N)nc54)[C@H](O)[C@@H]3O)[C@@H](O)[C@H]2O)c2nc(N)[nH]c(=O)c21. The fourth-order valence-electron chi connectivity index (χ4n) is 5.39. The van der Waals surface area contributed by atoms with Gasteiger partial charge in [-0.3, -0.25) is 23.4 Å². The maximum absolute atomic E-state index is 12.4. The maximum atomic E-state index is 12.4. The van der Waals surface area contributed by atoms with Gasteiger partial charge >= 0.3 is 21.6 Å². The van der Waals surface area contributed by atoms with Crippen LogP contribution in [0, 0.1) is 0 Å². The lowest BCUT2D eigenvalue weighted by Crippen LogP contribution is -2.46. The van der Waals surface area contributed by atoms with Crippen LogP contribution in [0.15, 0.2) is 17.4 Å². The summed E-state index contributed by atoms with van der Waals surface area (Å²) in [6, 6.07) is 0. The van der Waals surface area contributed by atoms with Crippen LogP contribution >= 0.6 is 24.2 Å². The first kappa shape index (κ1) is 38.5. The number of nitrogens with zero attached hydrogens (tertiary/aromatic N) is 7. The van der Waals surface area contributed by atoms with Crippen LogP contribution in [0.4, 0.5) is 11.9 Å². The molecule has 2 unspecified atom stereocenters. The number of imidazole rings is 2. The van der Waals surface area contributed by atoms with Gasteiger partial charge in [0, 0.05) is 5.88 Å². The highest BCUT2D eigenvalue weighted by molar-refractivity contribution is 7.70. The van der Waals surface area contributed by atoms with Crippen molar-refractivity contribution in [2.45, 2.75) is 49.1 Å². The minimum absolute atomic E-state index is 0.00194. The van der Waals surface area contributed by atoms with Crippen LogP contribution in [0.1, 0.15) is 12.5 Å². The first-order chi connectivity index (χ1) is 24.2. The highest BCUT2D eigenvalue weighted by Crippen LogP contribution is 2.69. The molecule has 11 N–H and O–H groups in total. The molecule has 4 aromatic heterocycles. The third-order valence-corrected chi connectivity index (χ3v) is 11.8. The Morgan fingerprint density at radius 2 is 1.73 bits per heavy atom. The van der Waals surface area contributed by atoms with E-state index >= 15 is 0 Å². The van der Waals surface area contributed by atoms with Gasteiger partial charge in [-0.15, -0.1) is 4.31 Å². The predicted octanol–water partition coefficient (Wildman–Crippen LogP) is -7.54. The molecule has 2 aliphatic heterocycles. The number of aromatic nitrogens is 8. The molecule has 0 bridgehead atoms. The quantitative estimate of drug-likeness (QED) is 0.0474.